The molecule has 0 aliphatic heterocycles. The van der Waals surface area contributed by atoms with Crippen LogP contribution in [0.5, 0.6) is 0 Å². The highest BCUT2D eigenvalue weighted by Gasteiger charge is 2.20. The lowest BCUT2D eigenvalue weighted by atomic mass is 10.2. The van der Waals surface area contributed by atoms with Crippen molar-refractivity contribution in [2.45, 2.75) is 9.79 Å². The highest BCUT2D eigenvalue weighted by Crippen LogP contribution is 2.27. The van der Waals surface area contributed by atoms with Crippen LogP contribution in [0.15, 0.2) is 40.3 Å². The minimum absolute atomic E-state index is 0.0233. The highest BCUT2D eigenvalue weighted by atomic mass is 32.2. The van der Waals surface area contributed by atoms with Crippen molar-refractivity contribution in [1.82, 2.24) is 4.98 Å². The Hall–Kier alpha value is -1.51. The van der Waals surface area contributed by atoms with Crippen LogP contribution in [0, 0.1) is 0 Å². The third-order valence-electron chi connectivity index (χ3n) is 2.37. The van der Waals surface area contributed by atoms with Crippen molar-refractivity contribution in [3.05, 3.63) is 30.5 Å². The van der Waals surface area contributed by atoms with Crippen molar-refractivity contribution in [3.8, 4) is 0 Å². The SMILES string of the molecule is CS(=O)(=O)c1ccc(S(=O)(=O)O)c2cccnc12. The van der Waals surface area contributed by atoms with Crippen molar-refractivity contribution in [2.75, 3.05) is 6.26 Å². The molecule has 0 bridgehead atoms. The van der Waals surface area contributed by atoms with Gasteiger partial charge in [-0.3, -0.25) is 9.54 Å². The van der Waals surface area contributed by atoms with E-state index in [9.17, 15) is 16.8 Å². The maximum atomic E-state index is 11.6. The van der Waals surface area contributed by atoms with Gasteiger partial charge in [0, 0.05) is 17.8 Å². The summed E-state index contributed by atoms with van der Waals surface area (Å²) in [4.78, 5) is 3.43. The maximum absolute atomic E-state index is 11.6. The Bertz CT molecular complexity index is 754. The molecule has 6 nitrogen and oxygen atoms in total. The van der Waals surface area contributed by atoms with Crippen molar-refractivity contribution >= 4 is 30.9 Å². The van der Waals surface area contributed by atoms with Crippen LogP contribution >= 0.6 is 0 Å². The molecule has 18 heavy (non-hydrogen) atoms. The fourth-order valence-electron chi connectivity index (χ4n) is 1.64. The lowest BCUT2D eigenvalue weighted by Gasteiger charge is -2.07. The van der Waals surface area contributed by atoms with Crippen LogP contribution in [0.25, 0.3) is 10.9 Å². The third-order valence-corrected chi connectivity index (χ3v) is 4.41. The summed E-state index contributed by atoms with van der Waals surface area (Å²) < 4.78 is 54.6. The molecule has 0 spiro atoms. The highest BCUT2D eigenvalue weighted by molar-refractivity contribution is 7.91. The predicted octanol–water partition coefficient (Wildman–Crippen LogP) is 0.885. The first kappa shape index (κ1) is 12.9. The predicted molar refractivity (Wildman–Crippen MR) is 64.7 cm³/mol. The van der Waals surface area contributed by atoms with Gasteiger partial charge in [0.2, 0.25) is 0 Å². The summed E-state index contributed by atoms with van der Waals surface area (Å²) in [7, 11) is -7.96. The van der Waals surface area contributed by atoms with E-state index in [2.05, 4.69) is 4.98 Å². The average Bonchev–Trinajstić information content (AvgIpc) is 2.24. The van der Waals surface area contributed by atoms with Gasteiger partial charge in [-0.25, -0.2) is 8.42 Å². The molecule has 1 heterocycles. The zero-order valence-electron chi connectivity index (χ0n) is 9.23. The molecule has 1 aromatic carbocycles. The number of aromatic nitrogens is 1. The van der Waals surface area contributed by atoms with E-state index in [1.54, 1.807) is 0 Å². The molecule has 1 aromatic heterocycles. The van der Waals surface area contributed by atoms with Crippen LogP contribution in [0.2, 0.25) is 0 Å². The van der Waals surface area contributed by atoms with E-state index in [0.29, 0.717) is 0 Å². The van der Waals surface area contributed by atoms with Crippen molar-refractivity contribution in [3.63, 3.8) is 0 Å². The standard InChI is InChI=1S/C10H9NO5S2/c1-17(12,13)9-5-4-8(18(14,15)16)7-3-2-6-11-10(7)9/h2-6H,1H3,(H,14,15,16). The second-order valence-corrected chi connectivity index (χ2v) is 7.08. The molecule has 0 fully saturated rings. The smallest absolute Gasteiger partial charge is 0.282 e. The summed E-state index contributed by atoms with van der Waals surface area (Å²) in [6, 6.07) is 5.02. The topological polar surface area (TPSA) is 101 Å². The van der Waals surface area contributed by atoms with Gasteiger partial charge in [0.05, 0.1) is 10.4 Å². The van der Waals surface area contributed by atoms with Crippen LogP contribution < -0.4 is 0 Å². The van der Waals surface area contributed by atoms with Gasteiger partial charge in [0.15, 0.2) is 9.84 Å². The average molecular weight is 287 g/mol. The largest absolute Gasteiger partial charge is 0.295 e. The quantitative estimate of drug-likeness (QED) is 0.823. The number of hydrogen-bond acceptors (Lipinski definition) is 5. The molecule has 0 amide bonds. The van der Waals surface area contributed by atoms with Crippen LogP contribution in [0.1, 0.15) is 0 Å². The molecule has 0 aliphatic rings. The van der Waals surface area contributed by atoms with Crippen molar-refractivity contribution < 1.29 is 21.4 Å². The molecule has 0 radical (unpaired) electrons. The van der Waals surface area contributed by atoms with Crippen LogP contribution in [-0.4, -0.2) is 32.6 Å². The van der Waals surface area contributed by atoms with Gasteiger partial charge in [0.25, 0.3) is 10.1 Å². The van der Waals surface area contributed by atoms with Crippen LogP contribution in [0.3, 0.4) is 0 Å². The fourth-order valence-corrected chi connectivity index (χ4v) is 3.16. The number of benzene rings is 1. The van der Waals surface area contributed by atoms with E-state index in [4.69, 9.17) is 4.55 Å². The molecule has 0 atom stereocenters. The zero-order chi connectivity index (χ0) is 13.6. The summed E-state index contributed by atoms with van der Waals surface area (Å²) in [6.45, 7) is 0. The Morgan fingerprint density at radius 1 is 1.06 bits per heavy atom. The monoisotopic (exact) mass is 287 g/mol. The van der Waals surface area contributed by atoms with Gasteiger partial charge in [-0.15, -0.1) is 0 Å². The molecule has 2 rings (SSSR count). The van der Waals surface area contributed by atoms with Gasteiger partial charge in [-0.2, -0.15) is 8.42 Å². The van der Waals surface area contributed by atoms with Gasteiger partial charge in [-0.05, 0) is 24.3 Å². The molecular weight excluding hydrogens is 278 g/mol. The van der Waals surface area contributed by atoms with Crippen molar-refractivity contribution in [1.29, 1.82) is 0 Å². The number of fused-ring (bicyclic) bond motifs is 1. The third kappa shape index (κ3) is 2.22. The van der Waals surface area contributed by atoms with E-state index >= 15 is 0 Å². The van der Waals surface area contributed by atoms with E-state index in [0.717, 1.165) is 18.4 Å². The first-order valence-electron chi connectivity index (χ1n) is 4.76. The molecular formula is C10H9NO5S2. The molecule has 2 aromatic rings. The van der Waals surface area contributed by atoms with Gasteiger partial charge in [0.1, 0.15) is 4.90 Å². The van der Waals surface area contributed by atoms with Crippen LogP contribution in [-0.2, 0) is 20.0 Å². The summed E-state index contributed by atoms with van der Waals surface area (Å²) in [6.07, 6.45) is 2.36. The van der Waals surface area contributed by atoms with E-state index in [1.165, 1.54) is 18.3 Å². The molecule has 0 saturated heterocycles. The molecule has 8 heteroatoms. The Morgan fingerprint density at radius 2 is 1.67 bits per heavy atom. The molecule has 0 aliphatic carbocycles. The molecule has 1 N–H and O–H groups in total. The zero-order valence-corrected chi connectivity index (χ0v) is 10.9. The first-order chi connectivity index (χ1) is 8.21. The van der Waals surface area contributed by atoms with E-state index in [1.807, 2.05) is 0 Å². The minimum atomic E-state index is -4.43. The lowest BCUT2D eigenvalue weighted by molar-refractivity contribution is 0.484. The number of hydrogen-bond donors (Lipinski definition) is 1. The Balaban J connectivity index is 3.01. The second-order valence-electron chi connectivity index (χ2n) is 3.71. The summed E-state index contributed by atoms with van der Waals surface area (Å²) in [5.74, 6) is 0. The Morgan fingerprint density at radius 3 is 2.22 bits per heavy atom. The van der Waals surface area contributed by atoms with Gasteiger partial charge in [-0.1, -0.05) is 0 Å². The Labute approximate surface area is 104 Å². The summed E-state index contributed by atoms with van der Waals surface area (Å²) >= 11 is 0. The van der Waals surface area contributed by atoms with E-state index < -0.39 is 20.0 Å². The molecule has 0 saturated carbocycles. The number of sulfone groups is 1. The van der Waals surface area contributed by atoms with E-state index in [-0.39, 0.29) is 20.7 Å². The summed E-state index contributed by atoms with van der Waals surface area (Å²) in [5, 5.41) is 0.0722. The van der Waals surface area contributed by atoms with Crippen molar-refractivity contribution in [2.24, 2.45) is 0 Å². The van der Waals surface area contributed by atoms with Gasteiger partial charge >= 0.3 is 0 Å². The first-order valence-corrected chi connectivity index (χ1v) is 8.10. The van der Waals surface area contributed by atoms with Crippen LogP contribution in [0.4, 0.5) is 0 Å². The Kier molecular flexibility index (Phi) is 2.88. The number of nitrogens with zero attached hydrogens (tertiary/aromatic N) is 1. The molecule has 96 valence electrons. The lowest BCUT2D eigenvalue weighted by Crippen LogP contribution is -2.04. The number of pyridine rings is 1. The second kappa shape index (κ2) is 4.01. The maximum Gasteiger partial charge on any atom is 0.295 e. The fraction of sp³-hybridized carbons (Fsp3) is 0.100. The van der Waals surface area contributed by atoms with Gasteiger partial charge < -0.3 is 0 Å². The number of rotatable bonds is 2. The summed E-state index contributed by atoms with van der Waals surface area (Å²) in [5.41, 5.74) is 0.0233. The minimum Gasteiger partial charge on any atom is -0.282 e. The molecule has 0 unspecified atom stereocenters. The normalized spacial score (nSPS) is 12.8.